The first-order valence-corrected chi connectivity index (χ1v) is 14.5. The summed E-state index contributed by atoms with van der Waals surface area (Å²) in [7, 11) is 2.99. The van der Waals surface area contributed by atoms with Gasteiger partial charge in [-0.1, -0.05) is 6.07 Å². The van der Waals surface area contributed by atoms with Crippen molar-refractivity contribution in [2.75, 3.05) is 53.7 Å². The molecule has 2 heterocycles. The van der Waals surface area contributed by atoms with Gasteiger partial charge >= 0.3 is 0 Å². The summed E-state index contributed by atoms with van der Waals surface area (Å²) in [5, 5.41) is 14.2. The van der Waals surface area contributed by atoms with Crippen molar-refractivity contribution in [3.8, 4) is 34.5 Å². The average Bonchev–Trinajstić information content (AvgIpc) is 3.05. The number of halogens is 1. The molecule has 0 saturated carbocycles. The summed E-state index contributed by atoms with van der Waals surface area (Å²) in [6.45, 7) is 4.83. The molecular formula is C33H35FN4O7. The molecule has 1 aromatic heterocycles. The Morgan fingerprint density at radius 1 is 1.02 bits per heavy atom. The number of hydrogen-bond donors (Lipinski definition) is 2. The highest BCUT2D eigenvalue weighted by molar-refractivity contribution is 5.88. The van der Waals surface area contributed by atoms with Gasteiger partial charge in [-0.3, -0.25) is 14.7 Å². The smallest absolute Gasteiger partial charge is 0.244 e. The second-order valence-corrected chi connectivity index (χ2v) is 10.3. The number of aromatic nitrogens is 1. The Hall–Kier alpha value is -4.94. The number of carbonyl (C=O) groups is 1. The van der Waals surface area contributed by atoms with Gasteiger partial charge in [-0.25, -0.2) is 9.82 Å². The molecular weight excluding hydrogens is 583 g/mol. The van der Waals surface area contributed by atoms with E-state index in [1.54, 1.807) is 49.7 Å². The number of amides is 1. The SMILES string of the molecule is COc1cc(/C=N/NC(=O)Cc2ccc(Oc3ccnc4cc(OCCCN5CCOCC5)c(OC)cc34)c(F)c2)ccc1O. The molecule has 1 amide bonds. The molecule has 45 heavy (non-hydrogen) atoms. The van der Waals surface area contributed by atoms with Crippen LogP contribution in [0.15, 0.2) is 65.9 Å². The third-order valence-corrected chi connectivity index (χ3v) is 7.15. The predicted molar refractivity (Wildman–Crippen MR) is 166 cm³/mol. The van der Waals surface area contributed by atoms with Gasteiger partial charge in [-0.05, 0) is 60.0 Å². The maximum atomic E-state index is 15.1. The number of nitrogens with one attached hydrogen (secondary N) is 1. The summed E-state index contributed by atoms with van der Waals surface area (Å²) < 4.78 is 43.1. The summed E-state index contributed by atoms with van der Waals surface area (Å²) in [5.41, 5.74) is 4.07. The Morgan fingerprint density at radius 2 is 1.84 bits per heavy atom. The minimum Gasteiger partial charge on any atom is -0.504 e. The van der Waals surface area contributed by atoms with E-state index in [0.29, 0.717) is 45.9 Å². The molecule has 1 fully saturated rings. The Kier molecular flexibility index (Phi) is 10.6. The molecule has 0 aliphatic carbocycles. The highest BCUT2D eigenvalue weighted by atomic mass is 19.1. The Bertz CT molecular complexity index is 1660. The van der Waals surface area contributed by atoms with Crippen LogP contribution >= 0.6 is 0 Å². The lowest BCUT2D eigenvalue weighted by molar-refractivity contribution is -0.120. The number of nitrogens with zero attached hydrogens (tertiary/aromatic N) is 3. The quantitative estimate of drug-likeness (QED) is 0.125. The van der Waals surface area contributed by atoms with Crippen LogP contribution in [-0.2, 0) is 16.0 Å². The van der Waals surface area contributed by atoms with Crippen molar-refractivity contribution in [2.45, 2.75) is 12.8 Å². The number of phenols is 1. The number of fused-ring (bicyclic) bond motifs is 1. The van der Waals surface area contributed by atoms with Crippen molar-refractivity contribution in [2.24, 2.45) is 5.10 Å². The summed E-state index contributed by atoms with van der Waals surface area (Å²) in [5.74, 6) is 0.684. The van der Waals surface area contributed by atoms with Crippen molar-refractivity contribution in [1.29, 1.82) is 0 Å². The first kappa shape index (κ1) is 31.5. The van der Waals surface area contributed by atoms with E-state index in [4.69, 9.17) is 23.7 Å². The highest BCUT2D eigenvalue weighted by Crippen LogP contribution is 2.37. The van der Waals surface area contributed by atoms with Crippen LogP contribution in [0.3, 0.4) is 0 Å². The molecule has 4 aromatic rings. The van der Waals surface area contributed by atoms with Gasteiger partial charge in [-0.2, -0.15) is 5.10 Å². The first-order valence-electron chi connectivity index (χ1n) is 14.5. The van der Waals surface area contributed by atoms with E-state index in [0.717, 1.165) is 39.3 Å². The fourth-order valence-corrected chi connectivity index (χ4v) is 4.82. The average molecular weight is 619 g/mol. The number of ether oxygens (including phenoxy) is 5. The number of morpholine rings is 1. The third kappa shape index (κ3) is 8.37. The zero-order chi connectivity index (χ0) is 31.6. The van der Waals surface area contributed by atoms with E-state index in [2.05, 4.69) is 20.4 Å². The molecule has 0 spiro atoms. The fourth-order valence-electron chi connectivity index (χ4n) is 4.82. The van der Waals surface area contributed by atoms with Crippen molar-refractivity contribution < 1.29 is 38.0 Å². The minimum absolute atomic E-state index is 0.00471. The normalized spacial score (nSPS) is 13.6. The fraction of sp³-hybridized carbons (Fsp3) is 0.303. The molecule has 1 aliphatic heterocycles. The molecule has 0 radical (unpaired) electrons. The molecule has 3 aromatic carbocycles. The summed E-state index contributed by atoms with van der Waals surface area (Å²) >= 11 is 0. The second kappa shape index (κ2) is 15.2. The number of aromatic hydroxyl groups is 1. The van der Waals surface area contributed by atoms with Gasteiger partial charge in [0, 0.05) is 37.3 Å². The molecule has 236 valence electrons. The van der Waals surface area contributed by atoms with Crippen molar-refractivity contribution in [3.63, 3.8) is 0 Å². The van der Waals surface area contributed by atoms with Crippen molar-refractivity contribution >= 4 is 23.0 Å². The van der Waals surface area contributed by atoms with Crippen LogP contribution in [0.4, 0.5) is 4.39 Å². The van der Waals surface area contributed by atoms with Crippen LogP contribution in [0.5, 0.6) is 34.5 Å². The predicted octanol–water partition coefficient (Wildman–Crippen LogP) is 4.68. The Labute approximate surface area is 260 Å². The van der Waals surface area contributed by atoms with Crippen LogP contribution in [0.2, 0.25) is 0 Å². The van der Waals surface area contributed by atoms with E-state index in [9.17, 15) is 9.90 Å². The van der Waals surface area contributed by atoms with E-state index in [1.165, 1.54) is 31.5 Å². The monoisotopic (exact) mass is 618 g/mol. The molecule has 0 atom stereocenters. The summed E-state index contributed by atoms with van der Waals surface area (Å²) in [6, 6.07) is 14.2. The molecule has 0 bridgehead atoms. The van der Waals surface area contributed by atoms with E-state index < -0.39 is 11.7 Å². The van der Waals surface area contributed by atoms with E-state index >= 15 is 4.39 Å². The molecule has 11 nitrogen and oxygen atoms in total. The Morgan fingerprint density at radius 3 is 2.62 bits per heavy atom. The van der Waals surface area contributed by atoms with Gasteiger partial charge in [0.2, 0.25) is 5.91 Å². The number of methoxy groups -OCH3 is 2. The third-order valence-electron chi connectivity index (χ3n) is 7.15. The summed E-state index contributed by atoms with van der Waals surface area (Å²) in [4.78, 5) is 19.2. The molecule has 1 aliphatic rings. The van der Waals surface area contributed by atoms with Crippen LogP contribution < -0.4 is 24.4 Å². The van der Waals surface area contributed by atoms with Gasteiger partial charge in [-0.15, -0.1) is 0 Å². The lowest BCUT2D eigenvalue weighted by Crippen LogP contribution is -2.37. The lowest BCUT2D eigenvalue weighted by Gasteiger charge is -2.26. The largest absolute Gasteiger partial charge is 0.504 e. The van der Waals surface area contributed by atoms with Gasteiger partial charge in [0.1, 0.15) is 5.75 Å². The van der Waals surface area contributed by atoms with Crippen LogP contribution in [-0.4, -0.2) is 80.8 Å². The number of hydrogen-bond acceptors (Lipinski definition) is 10. The standard InChI is InChI=1S/C33H35FN4O7/c1-41-30-17-23(4-6-27(30)39)21-36-37-33(40)18-22-5-7-29(25(34)16-22)45-28-8-9-35-26-20-32(31(42-2)19-24(26)28)44-13-3-10-38-11-14-43-15-12-38/h4-9,16-17,19-21,39H,3,10-15,18H2,1-2H3,(H,37,40)/b36-21+. The van der Waals surface area contributed by atoms with Gasteiger partial charge in [0.05, 0.1) is 52.2 Å². The van der Waals surface area contributed by atoms with E-state index in [1.807, 2.05) is 0 Å². The Balaban J connectivity index is 1.20. The molecule has 0 unspecified atom stereocenters. The zero-order valence-corrected chi connectivity index (χ0v) is 25.1. The number of hydrazone groups is 1. The molecule has 2 N–H and O–H groups in total. The number of pyridine rings is 1. The minimum atomic E-state index is -0.628. The molecule has 12 heteroatoms. The number of carbonyl (C=O) groups excluding carboxylic acids is 1. The van der Waals surface area contributed by atoms with E-state index in [-0.39, 0.29) is 23.7 Å². The topological polar surface area (TPSA) is 124 Å². The molecule has 1 saturated heterocycles. The van der Waals surface area contributed by atoms with Crippen molar-refractivity contribution in [3.05, 3.63) is 77.7 Å². The lowest BCUT2D eigenvalue weighted by atomic mass is 10.1. The molecule has 5 rings (SSSR count). The highest BCUT2D eigenvalue weighted by Gasteiger charge is 2.15. The van der Waals surface area contributed by atoms with Crippen molar-refractivity contribution in [1.82, 2.24) is 15.3 Å². The van der Waals surface area contributed by atoms with Gasteiger partial charge in [0.15, 0.2) is 34.6 Å². The number of benzene rings is 3. The maximum Gasteiger partial charge on any atom is 0.244 e. The summed E-state index contributed by atoms with van der Waals surface area (Å²) in [6.07, 6.45) is 3.75. The van der Waals surface area contributed by atoms with Gasteiger partial charge < -0.3 is 28.8 Å². The second-order valence-electron chi connectivity index (χ2n) is 10.3. The maximum absolute atomic E-state index is 15.1. The first-order chi connectivity index (χ1) is 21.9. The number of phenolic OH excluding ortho intramolecular Hbond substituents is 1. The van der Waals surface area contributed by atoms with Crippen LogP contribution in [0.1, 0.15) is 17.5 Å². The van der Waals surface area contributed by atoms with Crippen LogP contribution in [0, 0.1) is 5.82 Å². The van der Waals surface area contributed by atoms with Crippen LogP contribution in [0.25, 0.3) is 10.9 Å². The zero-order valence-electron chi connectivity index (χ0n) is 25.1. The van der Waals surface area contributed by atoms with Gasteiger partial charge in [0.25, 0.3) is 0 Å². The number of rotatable bonds is 13.